The minimum atomic E-state index is 0.241. The molecule has 0 bridgehead atoms. The predicted molar refractivity (Wildman–Crippen MR) is 130 cm³/mol. The SMILES string of the molecule is CCNC(=NCCCCN1CCN(CC)CC1)NC(C)c1ccc(CC(C)C)cc1. The number of nitrogens with zero attached hydrogens (tertiary/aromatic N) is 3. The van der Waals surface area contributed by atoms with Gasteiger partial charge in [0, 0.05) is 39.3 Å². The summed E-state index contributed by atoms with van der Waals surface area (Å²) in [5.41, 5.74) is 2.72. The highest BCUT2D eigenvalue weighted by Gasteiger charge is 2.14. The van der Waals surface area contributed by atoms with E-state index in [0.717, 1.165) is 31.9 Å². The number of likely N-dealkylation sites (N-methyl/N-ethyl adjacent to an activating group) is 1. The molecule has 0 amide bonds. The third-order valence-corrected chi connectivity index (χ3v) is 5.89. The highest BCUT2D eigenvalue weighted by atomic mass is 15.3. The molecule has 5 heteroatoms. The maximum Gasteiger partial charge on any atom is 0.191 e. The molecule has 1 aromatic rings. The summed E-state index contributed by atoms with van der Waals surface area (Å²) in [7, 11) is 0. The first kappa shape index (κ1) is 24.7. The summed E-state index contributed by atoms with van der Waals surface area (Å²) in [6, 6.07) is 9.26. The second-order valence-corrected chi connectivity index (χ2v) is 8.95. The van der Waals surface area contributed by atoms with Crippen LogP contribution in [0.3, 0.4) is 0 Å². The molecule has 0 radical (unpaired) electrons. The molecule has 0 saturated carbocycles. The van der Waals surface area contributed by atoms with Gasteiger partial charge in [-0.15, -0.1) is 0 Å². The number of unbranched alkanes of at least 4 members (excludes halogenated alkanes) is 1. The standard InChI is InChI=1S/C25H45N5/c1-6-26-25(27-14-8-9-15-30-18-16-29(7-2)17-19-30)28-22(5)24-12-10-23(11-13-24)20-21(3)4/h10-13,21-22H,6-9,14-20H2,1-5H3,(H2,26,27,28). The van der Waals surface area contributed by atoms with Crippen molar-refractivity contribution in [3.05, 3.63) is 35.4 Å². The van der Waals surface area contributed by atoms with Gasteiger partial charge in [0.2, 0.25) is 0 Å². The Hall–Kier alpha value is -1.59. The first-order valence-corrected chi connectivity index (χ1v) is 12.1. The van der Waals surface area contributed by atoms with Crippen molar-refractivity contribution >= 4 is 5.96 Å². The van der Waals surface area contributed by atoms with Gasteiger partial charge in [0.25, 0.3) is 0 Å². The van der Waals surface area contributed by atoms with Gasteiger partial charge in [-0.2, -0.15) is 0 Å². The third-order valence-electron chi connectivity index (χ3n) is 5.89. The van der Waals surface area contributed by atoms with Crippen molar-refractivity contribution in [3.8, 4) is 0 Å². The highest BCUT2D eigenvalue weighted by molar-refractivity contribution is 5.80. The summed E-state index contributed by atoms with van der Waals surface area (Å²) in [5.74, 6) is 1.62. The zero-order chi connectivity index (χ0) is 21.8. The fourth-order valence-electron chi connectivity index (χ4n) is 3.99. The number of nitrogens with one attached hydrogen (secondary N) is 2. The van der Waals surface area contributed by atoms with E-state index in [1.165, 1.54) is 56.8 Å². The van der Waals surface area contributed by atoms with Crippen molar-refractivity contribution < 1.29 is 0 Å². The van der Waals surface area contributed by atoms with Crippen molar-refractivity contribution in [2.45, 2.75) is 59.9 Å². The monoisotopic (exact) mass is 415 g/mol. The Morgan fingerprint density at radius 3 is 2.23 bits per heavy atom. The molecule has 2 rings (SSSR count). The van der Waals surface area contributed by atoms with Crippen LogP contribution in [0.15, 0.2) is 29.3 Å². The number of guanidine groups is 1. The maximum atomic E-state index is 4.81. The molecule has 1 heterocycles. The Labute approximate surface area is 185 Å². The number of rotatable bonds is 11. The van der Waals surface area contributed by atoms with Gasteiger partial charge in [0.05, 0.1) is 6.04 Å². The first-order valence-electron chi connectivity index (χ1n) is 12.1. The van der Waals surface area contributed by atoms with E-state index in [4.69, 9.17) is 4.99 Å². The quantitative estimate of drug-likeness (QED) is 0.327. The molecular formula is C25H45N5. The molecule has 1 aliphatic rings. The zero-order valence-corrected chi connectivity index (χ0v) is 20.1. The molecule has 1 fully saturated rings. The van der Waals surface area contributed by atoms with E-state index in [2.05, 4.69) is 79.3 Å². The van der Waals surface area contributed by atoms with E-state index < -0.39 is 0 Å². The fraction of sp³-hybridized carbons (Fsp3) is 0.720. The van der Waals surface area contributed by atoms with Crippen molar-refractivity contribution in [2.24, 2.45) is 10.9 Å². The molecule has 0 spiro atoms. The van der Waals surface area contributed by atoms with Crippen LogP contribution in [0, 0.1) is 5.92 Å². The molecule has 0 aliphatic carbocycles. The van der Waals surface area contributed by atoms with Gasteiger partial charge in [-0.3, -0.25) is 4.99 Å². The van der Waals surface area contributed by atoms with Gasteiger partial charge >= 0.3 is 0 Å². The minimum absolute atomic E-state index is 0.241. The molecule has 170 valence electrons. The lowest BCUT2D eigenvalue weighted by Crippen LogP contribution is -2.46. The van der Waals surface area contributed by atoms with E-state index in [0.29, 0.717) is 5.92 Å². The average molecular weight is 416 g/mol. The molecule has 1 unspecified atom stereocenters. The summed E-state index contributed by atoms with van der Waals surface area (Å²) >= 11 is 0. The van der Waals surface area contributed by atoms with Gasteiger partial charge in [0.1, 0.15) is 0 Å². The lowest BCUT2D eigenvalue weighted by molar-refractivity contribution is 0.136. The van der Waals surface area contributed by atoms with Crippen molar-refractivity contribution in [3.63, 3.8) is 0 Å². The van der Waals surface area contributed by atoms with Crippen LogP contribution in [0.4, 0.5) is 0 Å². The fourth-order valence-corrected chi connectivity index (χ4v) is 3.99. The zero-order valence-electron chi connectivity index (χ0n) is 20.1. The predicted octanol–water partition coefficient (Wildman–Crippen LogP) is 3.92. The summed E-state index contributed by atoms with van der Waals surface area (Å²) in [6.45, 7) is 20.2. The number of aliphatic imine (C=N–C) groups is 1. The highest BCUT2D eigenvalue weighted by Crippen LogP contribution is 2.15. The molecule has 5 nitrogen and oxygen atoms in total. The molecule has 30 heavy (non-hydrogen) atoms. The Kier molecular flexibility index (Phi) is 11.2. The van der Waals surface area contributed by atoms with Crippen LogP contribution in [0.2, 0.25) is 0 Å². The molecule has 1 atom stereocenters. The molecule has 1 saturated heterocycles. The van der Waals surface area contributed by atoms with Crippen molar-refractivity contribution in [1.29, 1.82) is 0 Å². The Balaban J connectivity index is 1.74. The van der Waals surface area contributed by atoms with E-state index in [9.17, 15) is 0 Å². The van der Waals surface area contributed by atoms with Gasteiger partial charge in [-0.05, 0) is 63.2 Å². The number of benzene rings is 1. The Bertz CT molecular complexity index is 602. The van der Waals surface area contributed by atoms with Crippen LogP contribution in [0.25, 0.3) is 0 Å². The lowest BCUT2D eigenvalue weighted by Gasteiger charge is -2.33. The van der Waals surface area contributed by atoms with E-state index in [-0.39, 0.29) is 6.04 Å². The van der Waals surface area contributed by atoms with Crippen LogP contribution in [-0.4, -0.2) is 68.1 Å². The maximum absolute atomic E-state index is 4.81. The van der Waals surface area contributed by atoms with Crippen molar-refractivity contribution in [2.75, 3.05) is 52.4 Å². The molecule has 1 aliphatic heterocycles. The Morgan fingerprint density at radius 2 is 1.63 bits per heavy atom. The minimum Gasteiger partial charge on any atom is -0.357 e. The molecule has 1 aromatic carbocycles. The van der Waals surface area contributed by atoms with Gasteiger partial charge < -0.3 is 20.4 Å². The van der Waals surface area contributed by atoms with Crippen LogP contribution < -0.4 is 10.6 Å². The lowest BCUT2D eigenvalue weighted by atomic mass is 10.00. The molecule has 0 aromatic heterocycles. The van der Waals surface area contributed by atoms with Crippen LogP contribution in [0.1, 0.15) is 64.6 Å². The first-order chi connectivity index (χ1) is 14.5. The molecular weight excluding hydrogens is 370 g/mol. The molecule has 2 N–H and O–H groups in total. The van der Waals surface area contributed by atoms with Gasteiger partial charge in [-0.25, -0.2) is 0 Å². The second-order valence-electron chi connectivity index (χ2n) is 8.95. The number of hydrogen-bond acceptors (Lipinski definition) is 3. The van der Waals surface area contributed by atoms with E-state index in [1.807, 2.05) is 0 Å². The van der Waals surface area contributed by atoms with Crippen molar-refractivity contribution in [1.82, 2.24) is 20.4 Å². The topological polar surface area (TPSA) is 42.9 Å². The van der Waals surface area contributed by atoms with Crippen LogP contribution >= 0.6 is 0 Å². The largest absolute Gasteiger partial charge is 0.357 e. The second kappa shape index (κ2) is 13.7. The van der Waals surface area contributed by atoms with Gasteiger partial charge in [-0.1, -0.05) is 45.0 Å². The normalized spacial score (nSPS) is 17.3. The third kappa shape index (κ3) is 9.05. The Morgan fingerprint density at radius 1 is 0.967 bits per heavy atom. The summed E-state index contributed by atoms with van der Waals surface area (Å²) in [4.78, 5) is 9.95. The number of piperazine rings is 1. The number of hydrogen-bond donors (Lipinski definition) is 2. The average Bonchev–Trinajstić information content (AvgIpc) is 2.74. The van der Waals surface area contributed by atoms with Gasteiger partial charge in [0.15, 0.2) is 5.96 Å². The summed E-state index contributed by atoms with van der Waals surface area (Å²) < 4.78 is 0. The van der Waals surface area contributed by atoms with E-state index in [1.54, 1.807) is 0 Å². The van der Waals surface area contributed by atoms with Crippen LogP contribution in [0.5, 0.6) is 0 Å². The summed E-state index contributed by atoms with van der Waals surface area (Å²) in [6.07, 6.45) is 3.51. The summed E-state index contributed by atoms with van der Waals surface area (Å²) in [5, 5.41) is 6.96. The van der Waals surface area contributed by atoms with E-state index >= 15 is 0 Å². The smallest absolute Gasteiger partial charge is 0.191 e. The van der Waals surface area contributed by atoms with Crippen LogP contribution in [-0.2, 0) is 6.42 Å².